The highest BCUT2D eigenvalue weighted by molar-refractivity contribution is 5.95. The van der Waals surface area contributed by atoms with Gasteiger partial charge in [0.25, 0.3) is 5.91 Å². The zero-order valence-corrected chi connectivity index (χ0v) is 13.6. The van der Waals surface area contributed by atoms with Gasteiger partial charge in [-0.15, -0.1) is 0 Å². The highest BCUT2D eigenvalue weighted by Crippen LogP contribution is 2.18. The van der Waals surface area contributed by atoms with Crippen LogP contribution in [0.2, 0.25) is 0 Å². The Balaban J connectivity index is 1.65. The van der Waals surface area contributed by atoms with Gasteiger partial charge in [-0.05, 0) is 48.9 Å². The summed E-state index contributed by atoms with van der Waals surface area (Å²) >= 11 is 0. The first-order valence-corrected chi connectivity index (χ1v) is 8.09. The minimum Gasteiger partial charge on any atom is -0.356 e. The lowest BCUT2D eigenvalue weighted by atomic mass is 10.1. The average molecular weight is 334 g/mol. The summed E-state index contributed by atoms with van der Waals surface area (Å²) in [6.07, 6.45) is 1.09. The number of benzene rings is 2. The zero-order valence-electron chi connectivity index (χ0n) is 13.6. The Morgan fingerprint density at radius 2 is 1.96 bits per heavy atom. The van der Waals surface area contributed by atoms with Crippen LogP contribution in [0.1, 0.15) is 28.8 Å². The van der Waals surface area contributed by atoms with Crippen LogP contribution in [0.5, 0.6) is 0 Å². The standard InChI is InChI=1S/C19H18N4O2/c20-11-13-4-6-15(7-5-13)22-16-3-1-2-14(10-16)19(25)23-17-8-9-18(24)21-12-17/h1-7,10,17,22H,8-9,12H2,(H,21,24)(H,23,25)/t17-/m0/s1. The van der Waals surface area contributed by atoms with Crippen molar-refractivity contribution in [1.82, 2.24) is 10.6 Å². The number of nitrogens with zero attached hydrogens (tertiary/aromatic N) is 1. The SMILES string of the molecule is N#Cc1ccc(Nc2cccc(C(=O)N[C@H]3CCC(=O)NC3)c2)cc1. The van der Waals surface area contributed by atoms with Gasteiger partial charge in [0.05, 0.1) is 11.6 Å². The van der Waals surface area contributed by atoms with Gasteiger partial charge >= 0.3 is 0 Å². The van der Waals surface area contributed by atoms with Gasteiger partial charge in [-0.25, -0.2) is 0 Å². The Kier molecular flexibility index (Phi) is 4.95. The van der Waals surface area contributed by atoms with Crippen molar-refractivity contribution in [2.75, 3.05) is 11.9 Å². The van der Waals surface area contributed by atoms with Crippen LogP contribution < -0.4 is 16.0 Å². The van der Waals surface area contributed by atoms with Crippen molar-refractivity contribution >= 4 is 23.2 Å². The molecule has 25 heavy (non-hydrogen) atoms. The molecule has 1 fully saturated rings. The van der Waals surface area contributed by atoms with E-state index >= 15 is 0 Å². The van der Waals surface area contributed by atoms with Crippen LogP contribution in [-0.2, 0) is 4.79 Å². The molecule has 1 heterocycles. The molecule has 3 rings (SSSR count). The summed E-state index contributed by atoms with van der Waals surface area (Å²) in [7, 11) is 0. The van der Waals surface area contributed by atoms with Gasteiger partial charge in [0.2, 0.25) is 5.91 Å². The van der Waals surface area contributed by atoms with E-state index in [4.69, 9.17) is 5.26 Å². The second-order valence-electron chi connectivity index (χ2n) is 5.91. The molecule has 2 amide bonds. The normalized spacial score (nSPS) is 16.4. The summed E-state index contributed by atoms with van der Waals surface area (Å²) in [6, 6.07) is 16.3. The highest BCUT2D eigenvalue weighted by Gasteiger charge is 2.20. The van der Waals surface area contributed by atoms with Gasteiger partial charge in [0.1, 0.15) is 0 Å². The lowest BCUT2D eigenvalue weighted by molar-refractivity contribution is -0.122. The predicted molar refractivity (Wildman–Crippen MR) is 94.4 cm³/mol. The fraction of sp³-hybridized carbons (Fsp3) is 0.211. The molecule has 0 unspecified atom stereocenters. The van der Waals surface area contributed by atoms with Crippen molar-refractivity contribution in [3.05, 3.63) is 59.7 Å². The summed E-state index contributed by atoms with van der Waals surface area (Å²) in [5.41, 5.74) is 2.77. The van der Waals surface area contributed by atoms with E-state index < -0.39 is 0 Å². The first-order valence-electron chi connectivity index (χ1n) is 8.09. The van der Waals surface area contributed by atoms with E-state index in [1.54, 1.807) is 24.3 Å². The van der Waals surface area contributed by atoms with Crippen LogP contribution in [0.3, 0.4) is 0 Å². The van der Waals surface area contributed by atoms with Crippen LogP contribution in [-0.4, -0.2) is 24.4 Å². The third-order valence-corrected chi connectivity index (χ3v) is 4.03. The van der Waals surface area contributed by atoms with Crippen LogP contribution in [0.15, 0.2) is 48.5 Å². The number of nitrogens with one attached hydrogen (secondary N) is 3. The number of piperidine rings is 1. The third kappa shape index (κ3) is 4.36. The number of hydrogen-bond acceptors (Lipinski definition) is 4. The highest BCUT2D eigenvalue weighted by atomic mass is 16.2. The lowest BCUT2D eigenvalue weighted by Crippen LogP contribution is -2.47. The second kappa shape index (κ2) is 7.49. The lowest BCUT2D eigenvalue weighted by Gasteiger charge is -2.23. The molecule has 0 bridgehead atoms. The summed E-state index contributed by atoms with van der Waals surface area (Å²) in [6.45, 7) is 0.466. The first kappa shape index (κ1) is 16.5. The van der Waals surface area contributed by atoms with E-state index in [0.717, 1.165) is 11.4 Å². The topological polar surface area (TPSA) is 94.0 Å². The zero-order chi connectivity index (χ0) is 17.6. The van der Waals surface area contributed by atoms with Crippen LogP contribution in [0.4, 0.5) is 11.4 Å². The van der Waals surface area contributed by atoms with E-state index in [-0.39, 0.29) is 17.9 Å². The molecular weight excluding hydrogens is 316 g/mol. The molecular formula is C19H18N4O2. The number of amides is 2. The third-order valence-electron chi connectivity index (χ3n) is 4.03. The average Bonchev–Trinajstić information content (AvgIpc) is 2.64. The van der Waals surface area contributed by atoms with E-state index in [1.807, 2.05) is 24.3 Å². The maximum Gasteiger partial charge on any atom is 0.251 e. The molecule has 0 saturated carbocycles. The van der Waals surface area contributed by atoms with Gasteiger partial charge in [-0.1, -0.05) is 6.07 Å². The van der Waals surface area contributed by atoms with Gasteiger partial charge in [-0.3, -0.25) is 9.59 Å². The van der Waals surface area contributed by atoms with Crippen LogP contribution in [0.25, 0.3) is 0 Å². The molecule has 126 valence electrons. The van der Waals surface area contributed by atoms with Crippen molar-refractivity contribution in [2.45, 2.75) is 18.9 Å². The number of nitriles is 1. The van der Waals surface area contributed by atoms with Crippen molar-refractivity contribution in [3.8, 4) is 6.07 Å². The summed E-state index contributed by atoms with van der Waals surface area (Å²) in [4.78, 5) is 23.6. The molecule has 0 aromatic heterocycles. The molecule has 6 heteroatoms. The smallest absolute Gasteiger partial charge is 0.251 e. The van der Waals surface area contributed by atoms with E-state index in [2.05, 4.69) is 22.0 Å². The Labute approximate surface area is 145 Å². The molecule has 0 spiro atoms. The molecule has 2 aromatic carbocycles. The number of carbonyl (C=O) groups is 2. The molecule has 1 atom stereocenters. The number of anilines is 2. The molecule has 1 aliphatic rings. The van der Waals surface area contributed by atoms with Gasteiger partial charge < -0.3 is 16.0 Å². The monoisotopic (exact) mass is 334 g/mol. The second-order valence-corrected chi connectivity index (χ2v) is 5.91. The molecule has 1 saturated heterocycles. The van der Waals surface area contributed by atoms with Crippen molar-refractivity contribution in [3.63, 3.8) is 0 Å². The fourth-order valence-corrected chi connectivity index (χ4v) is 2.66. The maximum atomic E-state index is 12.4. The van der Waals surface area contributed by atoms with E-state index in [0.29, 0.717) is 30.5 Å². The van der Waals surface area contributed by atoms with Gasteiger partial charge in [0, 0.05) is 35.9 Å². The first-order chi connectivity index (χ1) is 12.1. The Hall–Kier alpha value is -3.33. The molecule has 0 radical (unpaired) electrons. The van der Waals surface area contributed by atoms with Crippen LogP contribution in [0, 0.1) is 11.3 Å². The summed E-state index contributed by atoms with van der Waals surface area (Å²) < 4.78 is 0. The minimum atomic E-state index is -0.162. The van der Waals surface area contributed by atoms with Crippen molar-refractivity contribution in [1.29, 1.82) is 5.26 Å². The predicted octanol–water partition coefficient (Wildman–Crippen LogP) is 2.31. The van der Waals surface area contributed by atoms with Crippen molar-refractivity contribution in [2.24, 2.45) is 0 Å². The molecule has 1 aliphatic heterocycles. The number of hydrogen-bond donors (Lipinski definition) is 3. The number of rotatable bonds is 4. The maximum absolute atomic E-state index is 12.4. The largest absolute Gasteiger partial charge is 0.356 e. The molecule has 2 aromatic rings. The number of carbonyl (C=O) groups excluding carboxylic acids is 2. The fourth-order valence-electron chi connectivity index (χ4n) is 2.66. The van der Waals surface area contributed by atoms with Gasteiger partial charge in [-0.2, -0.15) is 5.26 Å². The Morgan fingerprint density at radius 3 is 2.64 bits per heavy atom. The van der Waals surface area contributed by atoms with Crippen molar-refractivity contribution < 1.29 is 9.59 Å². The Bertz CT molecular complexity index is 814. The van der Waals surface area contributed by atoms with Crippen LogP contribution >= 0.6 is 0 Å². The van der Waals surface area contributed by atoms with E-state index in [9.17, 15) is 9.59 Å². The molecule has 6 nitrogen and oxygen atoms in total. The Morgan fingerprint density at radius 1 is 1.16 bits per heavy atom. The van der Waals surface area contributed by atoms with E-state index in [1.165, 1.54) is 0 Å². The summed E-state index contributed by atoms with van der Waals surface area (Å²) in [5, 5.41) is 17.7. The van der Waals surface area contributed by atoms with Gasteiger partial charge in [0.15, 0.2) is 0 Å². The minimum absolute atomic E-state index is 0.0270. The quantitative estimate of drug-likeness (QED) is 0.800. The summed E-state index contributed by atoms with van der Waals surface area (Å²) in [5.74, 6) is -0.135. The molecule has 0 aliphatic carbocycles. The molecule has 3 N–H and O–H groups in total.